The Morgan fingerprint density at radius 2 is 1.86 bits per heavy atom. The van der Waals surface area contributed by atoms with E-state index in [4.69, 9.17) is 4.74 Å². The lowest BCUT2D eigenvalue weighted by atomic mass is 10.1. The predicted octanol–water partition coefficient (Wildman–Crippen LogP) is 4.75. The molecule has 0 fully saturated rings. The summed E-state index contributed by atoms with van der Waals surface area (Å²) in [7, 11) is 0. The number of H-pyrrole nitrogens is 1. The third kappa shape index (κ3) is 3.50. The monoisotopic (exact) mass is 411 g/mol. The summed E-state index contributed by atoms with van der Waals surface area (Å²) in [6, 6.07) is 3.32. The first-order valence-electron chi connectivity index (χ1n) is 6.11. The summed E-state index contributed by atoms with van der Waals surface area (Å²) in [4.78, 5) is 14.9. The summed E-state index contributed by atoms with van der Waals surface area (Å²) in [6.45, 7) is 5.17. The van der Waals surface area contributed by atoms with Gasteiger partial charge in [-0.05, 0) is 61.6 Å². The molecule has 7 heteroatoms. The normalized spacial score (nSPS) is 12.7. The molecule has 2 rings (SSSR count). The van der Waals surface area contributed by atoms with E-state index in [1.165, 1.54) is 6.07 Å². The number of hydrogen-bond donors (Lipinski definition) is 1. The second-order valence-corrected chi connectivity index (χ2v) is 6.65. The van der Waals surface area contributed by atoms with Gasteiger partial charge in [0.2, 0.25) is 0 Å². The first kappa shape index (κ1) is 16.1. The van der Waals surface area contributed by atoms with E-state index >= 15 is 0 Å². The molecule has 0 unspecified atom stereocenters. The van der Waals surface area contributed by atoms with Gasteiger partial charge >= 0.3 is 12.1 Å². The molecule has 1 aromatic carbocycles. The van der Waals surface area contributed by atoms with Crippen molar-refractivity contribution in [3.63, 3.8) is 0 Å². The molecule has 0 spiro atoms. The van der Waals surface area contributed by atoms with Crippen LogP contribution in [0.5, 0.6) is 0 Å². The fourth-order valence-corrected chi connectivity index (χ4v) is 2.61. The number of ether oxygens (including phenoxy) is 1. The molecule has 1 N–H and O–H groups in total. The van der Waals surface area contributed by atoms with Crippen LogP contribution in [0.4, 0.5) is 13.2 Å². The minimum atomic E-state index is -4.42. The number of aromatic amines is 1. The van der Waals surface area contributed by atoms with Crippen molar-refractivity contribution in [3.05, 3.63) is 33.0 Å². The van der Waals surface area contributed by atoms with Gasteiger partial charge in [0.05, 0.1) is 9.13 Å². The van der Waals surface area contributed by atoms with Crippen molar-refractivity contribution in [1.29, 1.82) is 0 Å². The van der Waals surface area contributed by atoms with Gasteiger partial charge in [-0.3, -0.25) is 0 Å². The molecular weight excluding hydrogens is 398 g/mol. The third-order valence-electron chi connectivity index (χ3n) is 2.67. The van der Waals surface area contributed by atoms with Crippen LogP contribution in [0.15, 0.2) is 18.2 Å². The predicted molar refractivity (Wildman–Crippen MR) is 81.2 cm³/mol. The summed E-state index contributed by atoms with van der Waals surface area (Å²) in [5.74, 6) is -0.586. The van der Waals surface area contributed by atoms with Gasteiger partial charge in [-0.2, -0.15) is 13.2 Å². The first-order chi connectivity index (χ1) is 9.49. The van der Waals surface area contributed by atoms with Gasteiger partial charge in [-0.1, -0.05) is 0 Å². The maximum atomic E-state index is 12.7. The van der Waals surface area contributed by atoms with E-state index in [1.54, 1.807) is 20.8 Å². The van der Waals surface area contributed by atoms with E-state index in [2.05, 4.69) is 4.98 Å². The topological polar surface area (TPSA) is 42.1 Å². The number of carbonyl (C=O) groups excluding carboxylic acids is 1. The molecule has 0 aliphatic carbocycles. The molecule has 0 amide bonds. The average Bonchev–Trinajstić information content (AvgIpc) is 2.63. The second-order valence-electron chi connectivity index (χ2n) is 5.57. The van der Waals surface area contributed by atoms with Gasteiger partial charge in [0.25, 0.3) is 0 Å². The molecule has 0 saturated carbocycles. The molecule has 3 nitrogen and oxygen atoms in total. The van der Waals surface area contributed by atoms with Gasteiger partial charge in [0.15, 0.2) is 0 Å². The van der Waals surface area contributed by atoms with Crippen LogP contribution in [0, 0.1) is 3.57 Å². The molecular formula is C14H13F3INO2. The van der Waals surface area contributed by atoms with Crippen molar-refractivity contribution in [2.24, 2.45) is 0 Å². The number of nitrogens with one attached hydrogen (secondary N) is 1. The number of carbonyl (C=O) groups is 1. The van der Waals surface area contributed by atoms with E-state index in [0.29, 0.717) is 14.5 Å². The van der Waals surface area contributed by atoms with Crippen LogP contribution < -0.4 is 0 Å². The van der Waals surface area contributed by atoms with Crippen molar-refractivity contribution in [1.82, 2.24) is 4.98 Å². The highest BCUT2D eigenvalue weighted by Crippen LogP contribution is 2.34. The molecule has 114 valence electrons. The minimum absolute atomic E-state index is 0.167. The second kappa shape index (κ2) is 5.19. The smallest absolute Gasteiger partial charge is 0.416 e. The molecule has 0 saturated heterocycles. The number of fused-ring (bicyclic) bond motifs is 1. The van der Waals surface area contributed by atoms with Crippen molar-refractivity contribution in [3.8, 4) is 0 Å². The van der Waals surface area contributed by atoms with E-state index in [0.717, 1.165) is 12.1 Å². The Kier molecular flexibility index (Phi) is 3.98. The molecule has 0 aliphatic heterocycles. The van der Waals surface area contributed by atoms with Crippen LogP contribution in [0.3, 0.4) is 0 Å². The zero-order valence-corrected chi connectivity index (χ0v) is 13.7. The summed E-state index contributed by atoms with van der Waals surface area (Å²) in [6.07, 6.45) is -4.42. The quantitative estimate of drug-likeness (QED) is 0.544. The number of esters is 1. The molecule has 0 atom stereocenters. The fourth-order valence-electron chi connectivity index (χ4n) is 1.81. The molecule has 0 radical (unpaired) electrons. The molecule has 21 heavy (non-hydrogen) atoms. The van der Waals surface area contributed by atoms with Crippen molar-refractivity contribution < 1.29 is 22.7 Å². The lowest BCUT2D eigenvalue weighted by molar-refractivity contribution is -0.137. The molecule has 0 bridgehead atoms. The van der Waals surface area contributed by atoms with E-state index < -0.39 is 23.3 Å². The average molecular weight is 411 g/mol. The Morgan fingerprint density at radius 1 is 1.24 bits per heavy atom. The fraction of sp³-hybridized carbons (Fsp3) is 0.357. The largest absolute Gasteiger partial charge is 0.455 e. The maximum Gasteiger partial charge on any atom is 0.416 e. The Morgan fingerprint density at radius 3 is 2.38 bits per heavy atom. The highest BCUT2D eigenvalue weighted by atomic mass is 127. The van der Waals surface area contributed by atoms with Crippen LogP contribution in [-0.2, 0) is 10.9 Å². The SMILES string of the molecule is CC(C)(C)OC(=O)c1[nH]c2ccc(C(F)(F)F)cc2c1I. The number of benzene rings is 1. The molecule has 1 aromatic heterocycles. The zero-order chi connectivity index (χ0) is 16.0. The Balaban J connectivity index is 2.49. The maximum absolute atomic E-state index is 12.7. The Labute approximate surface area is 133 Å². The number of halogens is 4. The lowest BCUT2D eigenvalue weighted by Gasteiger charge is -2.18. The van der Waals surface area contributed by atoms with Crippen LogP contribution in [0.25, 0.3) is 10.9 Å². The van der Waals surface area contributed by atoms with Gasteiger partial charge < -0.3 is 9.72 Å². The van der Waals surface area contributed by atoms with Crippen LogP contribution in [0.1, 0.15) is 36.8 Å². The van der Waals surface area contributed by atoms with Gasteiger partial charge in [-0.15, -0.1) is 0 Å². The van der Waals surface area contributed by atoms with Gasteiger partial charge in [-0.25, -0.2) is 4.79 Å². The van der Waals surface area contributed by atoms with Crippen molar-refractivity contribution in [2.45, 2.75) is 32.5 Å². The van der Waals surface area contributed by atoms with E-state index in [1.807, 2.05) is 22.6 Å². The highest BCUT2D eigenvalue weighted by molar-refractivity contribution is 14.1. The highest BCUT2D eigenvalue weighted by Gasteiger charge is 2.31. The Bertz CT molecular complexity index is 699. The minimum Gasteiger partial charge on any atom is -0.455 e. The van der Waals surface area contributed by atoms with Gasteiger partial charge in [0.1, 0.15) is 11.3 Å². The molecule has 2 aromatic rings. The standard InChI is InChI=1S/C14H13F3INO2/c1-13(2,3)21-12(20)11-10(18)8-6-7(14(15,16)17)4-5-9(8)19-11/h4-6,19H,1-3H3. The van der Waals surface area contributed by atoms with Crippen LogP contribution in [0.2, 0.25) is 0 Å². The van der Waals surface area contributed by atoms with E-state index in [9.17, 15) is 18.0 Å². The van der Waals surface area contributed by atoms with Gasteiger partial charge in [0, 0.05) is 10.9 Å². The zero-order valence-electron chi connectivity index (χ0n) is 11.6. The number of rotatable bonds is 1. The lowest BCUT2D eigenvalue weighted by Crippen LogP contribution is -2.24. The Hall–Kier alpha value is -1.25. The molecule has 1 heterocycles. The summed E-state index contributed by atoms with van der Waals surface area (Å²) < 4.78 is 43.8. The summed E-state index contributed by atoms with van der Waals surface area (Å²) in [5, 5.41) is 0.353. The summed E-state index contributed by atoms with van der Waals surface area (Å²) in [5.41, 5.74) is -0.787. The summed E-state index contributed by atoms with van der Waals surface area (Å²) >= 11 is 1.85. The number of aromatic nitrogens is 1. The first-order valence-corrected chi connectivity index (χ1v) is 7.19. The van der Waals surface area contributed by atoms with Crippen LogP contribution in [-0.4, -0.2) is 16.6 Å². The number of hydrogen-bond acceptors (Lipinski definition) is 2. The molecule has 0 aliphatic rings. The van der Waals surface area contributed by atoms with Crippen molar-refractivity contribution >= 4 is 39.5 Å². The van der Waals surface area contributed by atoms with Crippen molar-refractivity contribution in [2.75, 3.05) is 0 Å². The van der Waals surface area contributed by atoms with Crippen LogP contribution >= 0.6 is 22.6 Å². The third-order valence-corrected chi connectivity index (χ3v) is 3.79. The van der Waals surface area contributed by atoms with E-state index in [-0.39, 0.29) is 5.69 Å². The number of alkyl halides is 3.